The second kappa shape index (κ2) is 4.44. The molecular formula is C11H17NO2. The monoisotopic (exact) mass is 195 g/mol. The second-order valence-corrected chi connectivity index (χ2v) is 3.63. The highest BCUT2D eigenvalue weighted by molar-refractivity contribution is 5.48. The van der Waals surface area contributed by atoms with E-state index >= 15 is 0 Å². The largest absolute Gasteiger partial charge is 0.389 e. The molecule has 1 rings (SSSR count). The summed E-state index contributed by atoms with van der Waals surface area (Å²) in [6.07, 6.45) is -1.70. The van der Waals surface area contributed by atoms with Crippen molar-refractivity contribution in [3.05, 3.63) is 29.3 Å². The molecular weight excluding hydrogens is 178 g/mol. The topological polar surface area (TPSA) is 52.5 Å². The summed E-state index contributed by atoms with van der Waals surface area (Å²) >= 11 is 0. The van der Waals surface area contributed by atoms with Crippen molar-refractivity contribution < 1.29 is 10.2 Å². The van der Waals surface area contributed by atoms with Crippen LogP contribution in [0.25, 0.3) is 0 Å². The van der Waals surface area contributed by atoms with Crippen LogP contribution in [0.3, 0.4) is 0 Å². The molecule has 0 aliphatic rings. The number of anilines is 1. The first kappa shape index (κ1) is 11.0. The molecule has 0 bridgehead atoms. The van der Waals surface area contributed by atoms with Crippen molar-refractivity contribution >= 4 is 5.69 Å². The Hall–Kier alpha value is -1.06. The standard InChI is InChI=1S/C11H17NO2/c1-7-4-5-10(6-8(7)2)12-11(14)9(3)13/h4-6,9,11-14H,1-3H3. The van der Waals surface area contributed by atoms with E-state index in [1.54, 1.807) is 6.92 Å². The van der Waals surface area contributed by atoms with Gasteiger partial charge in [-0.1, -0.05) is 6.07 Å². The highest BCUT2D eigenvalue weighted by atomic mass is 16.3. The Kier molecular flexibility index (Phi) is 3.49. The van der Waals surface area contributed by atoms with Crippen LogP contribution in [0.5, 0.6) is 0 Å². The summed E-state index contributed by atoms with van der Waals surface area (Å²) in [6.45, 7) is 5.58. The molecule has 0 aromatic heterocycles. The van der Waals surface area contributed by atoms with Gasteiger partial charge < -0.3 is 15.5 Å². The maximum Gasteiger partial charge on any atom is 0.150 e. The van der Waals surface area contributed by atoms with Gasteiger partial charge in [0.2, 0.25) is 0 Å². The Bertz CT molecular complexity index is 310. The normalized spacial score (nSPS) is 14.9. The summed E-state index contributed by atoms with van der Waals surface area (Å²) in [5.74, 6) is 0. The van der Waals surface area contributed by atoms with Gasteiger partial charge in [-0.15, -0.1) is 0 Å². The summed E-state index contributed by atoms with van der Waals surface area (Å²) in [5, 5.41) is 21.3. The van der Waals surface area contributed by atoms with Crippen LogP contribution in [0, 0.1) is 13.8 Å². The lowest BCUT2D eigenvalue weighted by Crippen LogP contribution is -2.30. The predicted octanol–water partition coefficient (Wildman–Crippen LogP) is 1.41. The molecule has 3 N–H and O–H groups in total. The molecule has 0 fully saturated rings. The molecule has 0 spiro atoms. The number of hydrogen-bond donors (Lipinski definition) is 3. The first-order chi connectivity index (χ1) is 6.50. The van der Waals surface area contributed by atoms with E-state index in [1.165, 1.54) is 5.56 Å². The Morgan fingerprint density at radius 1 is 1.14 bits per heavy atom. The summed E-state index contributed by atoms with van der Waals surface area (Å²) in [5.41, 5.74) is 3.19. The fraction of sp³-hybridized carbons (Fsp3) is 0.455. The molecule has 3 heteroatoms. The van der Waals surface area contributed by atoms with Crippen LogP contribution in [0.4, 0.5) is 5.69 Å². The second-order valence-electron chi connectivity index (χ2n) is 3.63. The van der Waals surface area contributed by atoms with Crippen molar-refractivity contribution in [3.8, 4) is 0 Å². The van der Waals surface area contributed by atoms with Gasteiger partial charge in [-0.2, -0.15) is 0 Å². The van der Waals surface area contributed by atoms with Gasteiger partial charge in [0.15, 0.2) is 0 Å². The quantitative estimate of drug-likeness (QED) is 0.639. The third kappa shape index (κ3) is 2.72. The third-order valence-electron chi connectivity index (χ3n) is 2.28. The summed E-state index contributed by atoms with van der Waals surface area (Å²) in [4.78, 5) is 0. The van der Waals surface area contributed by atoms with Crippen molar-refractivity contribution in [1.29, 1.82) is 0 Å². The minimum absolute atomic E-state index is 0.781. The van der Waals surface area contributed by atoms with E-state index in [0.717, 1.165) is 11.3 Å². The minimum Gasteiger partial charge on any atom is -0.389 e. The van der Waals surface area contributed by atoms with Gasteiger partial charge in [0.1, 0.15) is 6.23 Å². The third-order valence-corrected chi connectivity index (χ3v) is 2.28. The lowest BCUT2D eigenvalue weighted by atomic mass is 10.1. The van der Waals surface area contributed by atoms with Gasteiger partial charge in [-0.3, -0.25) is 0 Å². The average molecular weight is 195 g/mol. The molecule has 3 nitrogen and oxygen atoms in total. The molecule has 0 saturated heterocycles. The molecule has 14 heavy (non-hydrogen) atoms. The zero-order valence-corrected chi connectivity index (χ0v) is 8.78. The molecule has 0 radical (unpaired) electrons. The predicted molar refractivity (Wildman–Crippen MR) is 57.2 cm³/mol. The van der Waals surface area contributed by atoms with E-state index in [9.17, 15) is 5.11 Å². The van der Waals surface area contributed by atoms with Gasteiger partial charge in [-0.05, 0) is 44.0 Å². The fourth-order valence-corrected chi connectivity index (χ4v) is 1.12. The van der Waals surface area contributed by atoms with E-state index in [2.05, 4.69) is 5.32 Å². The zero-order valence-electron chi connectivity index (χ0n) is 8.78. The van der Waals surface area contributed by atoms with Gasteiger partial charge >= 0.3 is 0 Å². The SMILES string of the molecule is Cc1ccc(NC(O)C(C)O)cc1C. The summed E-state index contributed by atoms with van der Waals surface area (Å²) in [7, 11) is 0. The van der Waals surface area contributed by atoms with Crippen LogP contribution in [-0.2, 0) is 0 Å². The number of rotatable bonds is 3. The molecule has 2 atom stereocenters. The first-order valence-electron chi connectivity index (χ1n) is 4.70. The van der Waals surface area contributed by atoms with Gasteiger partial charge in [-0.25, -0.2) is 0 Å². The van der Waals surface area contributed by atoms with Crippen molar-refractivity contribution in [1.82, 2.24) is 0 Å². The van der Waals surface area contributed by atoms with E-state index < -0.39 is 12.3 Å². The van der Waals surface area contributed by atoms with Crippen LogP contribution in [0.2, 0.25) is 0 Å². The van der Waals surface area contributed by atoms with Crippen LogP contribution < -0.4 is 5.32 Å². The number of aliphatic hydroxyl groups excluding tert-OH is 2. The highest BCUT2D eigenvalue weighted by Gasteiger charge is 2.09. The van der Waals surface area contributed by atoms with Crippen molar-refractivity contribution in [2.45, 2.75) is 33.1 Å². The maximum atomic E-state index is 9.38. The summed E-state index contributed by atoms with van der Waals surface area (Å²) < 4.78 is 0. The van der Waals surface area contributed by atoms with Crippen LogP contribution >= 0.6 is 0 Å². The van der Waals surface area contributed by atoms with E-state index in [1.807, 2.05) is 32.0 Å². The summed E-state index contributed by atoms with van der Waals surface area (Å²) in [6, 6.07) is 5.81. The fourth-order valence-electron chi connectivity index (χ4n) is 1.12. The van der Waals surface area contributed by atoms with Gasteiger partial charge in [0, 0.05) is 5.69 Å². The maximum absolute atomic E-state index is 9.38. The Morgan fingerprint density at radius 2 is 1.79 bits per heavy atom. The average Bonchev–Trinajstić information content (AvgIpc) is 2.11. The number of aliphatic hydroxyl groups is 2. The Balaban J connectivity index is 2.73. The Morgan fingerprint density at radius 3 is 2.29 bits per heavy atom. The first-order valence-corrected chi connectivity index (χ1v) is 4.70. The van der Waals surface area contributed by atoms with Crippen LogP contribution in [0.15, 0.2) is 18.2 Å². The van der Waals surface area contributed by atoms with Gasteiger partial charge in [0.25, 0.3) is 0 Å². The molecule has 0 saturated carbocycles. The number of aryl methyl sites for hydroxylation is 2. The lowest BCUT2D eigenvalue weighted by Gasteiger charge is -2.17. The molecule has 0 aliphatic heterocycles. The highest BCUT2D eigenvalue weighted by Crippen LogP contribution is 2.15. The number of benzene rings is 1. The zero-order chi connectivity index (χ0) is 10.7. The molecule has 0 aliphatic carbocycles. The van der Waals surface area contributed by atoms with E-state index in [0.29, 0.717) is 0 Å². The van der Waals surface area contributed by atoms with Crippen LogP contribution in [0.1, 0.15) is 18.1 Å². The molecule has 78 valence electrons. The minimum atomic E-state index is -0.919. The smallest absolute Gasteiger partial charge is 0.150 e. The Labute approximate surface area is 84.4 Å². The van der Waals surface area contributed by atoms with Crippen molar-refractivity contribution in [3.63, 3.8) is 0 Å². The number of hydrogen-bond acceptors (Lipinski definition) is 3. The lowest BCUT2D eigenvalue weighted by molar-refractivity contribution is 0.0497. The molecule has 2 unspecified atom stereocenters. The van der Waals surface area contributed by atoms with E-state index in [4.69, 9.17) is 5.11 Å². The molecule has 0 heterocycles. The molecule has 1 aromatic carbocycles. The van der Waals surface area contributed by atoms with Crippen LogP contribution in [-0.4, -0.2) is 22.5 Å². The van der Waals surface area contributed by atoms with Crippen molar-refractivity contribution in [2.24, 2.45) is 0 Å². The molecule has 1 aromatic rings. The van der Waals surface area contributed by atoms with Gasteiger partial charge in [0.05, 0.1) is 6.10 Å². The van der Waals surface area contributed by atoms with Crippen molar-refractivity contribution in [2.75, 3.05) is 5.32 Å². The number of nitrogens with one attached hydrogen (secondary N) is 1. The molecule has 0 amide bonds. The van der Waals surface area contributed by atoms with E-state index in [-0.39, 0.29) is 0 Å².